The van der Waals surface area contributed by atoms with Crippen LogP contribution in [0.3, 0.4) is 0 Å². The average molecular weight is 295 g/mol. The maximum atomic E-state index is 12.1. The average Bonchev–Trinajstić information content (AvgIpc) is 2.39. The first kappa shape index (κ1) is 15.0. The number of carbonyl (C=O) groups excluding carboxylic acids is 1. The van der Waals surface area contributed by atoms with Gasteiger partial charge in [-0.05, 0) is 24.5 Å². The van der Waals surface area contributed by atoms with Gasteiger partial charge in [0.05, 0.1) is 0 Å². The van der Waals surface area contributed by atoms with Crippen molar-refractivity contribution in [3.63, 3.8) is 0 Å². The summed E-state index contributed by atoms with van der Waals surface area (Å²) in [4.78, 5) is 15.3. The molecule has 0 aliphatic heterocycles. The van der Waals surface area contributed by atoms with Crippen LogP contribution in [-0.4, -0.2) is 23.7 Å². The second-order valence-corrected chi connectivity index (χ2v) is 4.74. The third-order valence-electron chi connectivity index (χ3n) is 3.17. The molecule has 2 N–H and O–H groups in total. The summed E-state index contributed by atoms with van der Waals surface area (Å²) in [5, 5.41) is 5.42. The molecule has 1 aliphatic carbocycles. The summed E-state index contributed by atoms with van der Waals surface area (Å²) < 4.78 is 28.3. The predicted octanol–water partition coefficient (Wildman–Crippen LogP) is 1.89. The van der Waals surface area contributed by atoms with Crippen molar-refractivity contribution in [1.82, 2.24) is 15.6 Å². The number of terminal acetylenes is 1. The predicted molar refractivity (Wildman–Crippen MR) is 71.6 cm³/mol. The molecule has 1 saturated carbocycles. The highest BCUT2D eigenvalue weighted by Crippen LogP contribution is 2.26. The molecule has 1 aliphatic rings. The van der Waals surface area contributed by atoms with E-state index in [1.54, 1.807) is 6.07 Å². The van der Waals surface area contributed by atoms with Gasteiger partial charge in [-0.3, -0.25) is 0 Å². The summed E-state index contributed by atoms with van der Waals surface area (Å²) in [5.74, 6) is 2.69. The SMILES string of the molecule is C#CC1CC(NC(=O)NCc2ccnc(OC(F)F)c2)C1. The Morgan fingerprint density at radius 3 is 3.00 bits per heavy atom. The first-order valence-electron chi connectivity index (χ1n) is 6.47. The molecule has 1 aromatic heterocycles. The first-order chi connectivity index (χ1) is 10.1. The number of hydrogen-bond acceptors (Lipinski definition) is 3. The van der Waals surface area contributed by atoms with E-state index >= 15 is 0 Å². The number of amides is 2. The minimum Gasteiger partial charge on any atom is -0.417 e. The fourth-order valence-corrected chi connectivity index (χ4v) is 2.01. The second kappa shape index (κ2) is 6.88. The first-order valence-corrected chi connectivity index (χ1v) is 6.47. The largest absolute Gasteiger partial charge is 0.417 e. The molecule has 112 valence electrons. The maximum absolute atomic E-state index is 12.1. The Morgan fingerprint density at radius 2 is 2.33 bits per heavy atom. The fourth-order valence-electron chi connectivity index (χ4n) is 2.01. The van der Waals surface area contributed by atoms with Gasteiger partial charge in [-0.2, -0.15) is 8.78 Å². The highest BCUT2D eigenvalue weighted by molar-refractivity contribution is 5.74. The number of hydrogen-bond donors (Lipinski definition) is 2. The van der Waals surface area contributed by atoms with E-state index in [9.17, 15) is 13.6 Å². The van der Waals surface area contributed by atoms with Crippen LogP contribution < -0.4 is 15.4 Å². The second-order valence-electron chi connectivity index (χ2n) is 4.74. The van der Waals surface area contributed by atoms with Crippen LogP contribution in [0.5, 0.6) is 5.88 Å². The summed E-state index contributed by atoms with van der Waals surface area (Å²) in [7, 11) is 0. The van der Waals surface area contributed by atoms with Crippen molar-refractivity contribution in [1.29, 1.82) is 0 Å². The molecule has 2 rings (SSSR count). The minimum absolute atomic E-state index is 0.0983. The van der Waals surface area contributed by atoms with Crippen LogP contribution in [-0.2, 0) is 6.54 Å². The summed E-state index contributed by atoms with van der Waals surface area (Å²) in [6.07, 6.45) is 8.17. The minimum atomic E-state index is -2.92. The lowest BCUT2D eigenvalue weighted by molar-refractivity contribution is -0.0529. The van der Waals surface area contributed by atoms with Gasteiger partial charge in [0.1, 0.15) is 0 Å². The van der Waals surface area contributed by atoms with Gasteiger partial charge in [-0.15, -0.1) is 12.3 Å². The van der Waals surface area contributed by atoms with Crippen LogP contribution in [0.15, 0.2) is 18.3 Å². The van der Waals surface area contributed by atoms with Gasteiger partial charge < -0.3 is 15.4 Å². The molecule has 0 aromatic carbocycles. The van der Waals surface area contributed by atoms with Crippen molar-refractivity contribution < 1.29 is 18.3 Å². The van der Waals surface area contributed by atoms with Crippen LogP contribution in [0.1, 0.15) is 18.4 Å². The van der Waals surface area contributed by atoms with Crippen molar-refractivity contribution in [2.75, 3.05) is 0 Å². The van der Waals surface area contributed by atoms with E-state index in [0.29, 0.717) is 5.56 Å². The van der Waals surface area contributed by atoms with Crippen molar-refractivity contribution in [2.45, 2.75) is 32.0 Å². The van der Waals surface area contributed by atoms with E-state index in [1.165, 1.54) is 12.3 Å². The van der Waals surface area contributed by atoms with Crippen molar-refractivity contribution in [2.24, 2.45) is 5.92 Å². The number of carbonyl (C=O) groups is 1. The number of nitrogens with zero attached hydrogens (tertiary/aromatic N) is 1. The lowest BCUT2D eigenvalue weighted by Crippen LogP contribution is -2.47. The van der Waals surface area contributed by atoms with Gasteiger partial charge in [0.15, 0.2) is 0 Å². The molecule has 0 spiro atoms. The number of urea groups is 1. The molecule has 0 bridgehead atoms. The Kier molecular flexibility index (Phi) is 4.93. The molecule has 21 heavy (non-hydrogen) atoms. The number of rotatable bonds is 5. The molecular formula is C14H15F2N3O2. The smallest absolute Gasteiger partial charge is 0.388 e. The summed E-state index contributed by atoms with van der Waals surface area (Å²) in [6, 6.07) is 2.74. The van der Waals surface area contributed by atoms with Crippen molar-refractivity contribution in [3.8, 4) is 18.2 Å². The van der Waals surface area contributed by atoms with E-state index in [1.807, 2.05) is 0 Å². The van der Waals surface area contributed by atoms with Gasteiger partial charge in [0.25, 0.3) is 0 Å². The zero-order valence-corrected chi connectivity index (χ0v) is 11.2. The summed E-state index contributed by atoms with van der Waals surface area (Å²) >= 11 is 0. The number of aromatic nitrogens is 1. The third kappa shape index (κ3) is 4.60. The molecule has 5 nitrogen and oxygen atoms in total. The van der Waals surface area contributed by atoms with Gasteiger partial charge in [0, 0.05) is 30.8 Å². The molecule has 1 aromatic rings. The number of ether oxygens (including phenoxy) is 1. The lowest BCUT2D eigenvalue weighted by Gasteiger charge is -2.32. The number of halogens is 2. The topological polar surface area (TPSA) is 63.2 Å². The van der Waals surface area contributed by atoms with Crippen LogP contribution in [0.25, 0.3) is 0 Å². The standard InChI is InChI=1S/C14H15F2N3O2/c1-2-9-5-11(6-9)19-14(20)18-8-10-3-4-17-12(7-10)21-13(15)16/h1,3-4,7,9,11,13H,5-6,8H2,(H2,18,19,20). The zero-order valence-electron chi connectivity index (χ0n) is 11.2. The van der Waals surface area contributed by atoms with Crippen LogP contribution in [0.4, 0.5) is 13.6 Å². The summed E-state index contributed by atoms with van der Waals surface area (Å²) in [6.45, 7) is -2.73. The van der Waals surface area contributed by atoms with Crippen LogP contribution in [0, 0.1) is 18.3 Å². The lowest BCUT2D eigenvalue weighted by atomic mass is 9.81. The van der Waals surface area contributed by atoms with Crippen molar-refractivity contribution >= 4 is 6.03 Å². The highest BCUT2D eigenvalue weighted by atomic mass is 19.3. The van der Waals surface area contributed by atoms with E-state index in [4.69, 9.17) is 6.42 Å². The van der Waals surface area contributed by atoms with E-state index in [2.05, 4.69) is 26.3 Å². The Labute approximate surface area is 121 Å². The Balaban J connectivity index is 1.75. The Bertz CT molecular complexity index is 539. The maximum Gasteiger partial charge on any atom is 0.388 e. The van der Waals surface area contributed by atoms with Crippen LogP contribution >= 0.6 is 0 Å². The molecular weight excluding hydrogens is 280 g/mol. The third-order valence-corrected chi connectivity index (χ3v) is 3.17. The zero-order chi connectivity index (χ0) is 15.2. The van der Waals surface area contributed by atoms with Crippen molar-refractivity contribution in [3.05, 3.63) is 23.9 Å². The molecule has 0 saturated heterocycles. The quantitative estimate of drug-likeness (QED) is 0.815. The van der Waals surface area contributed by atoms with Crippen LogP contribution in [0.2, 0.25) is 0 Å². The van der Waals surface area contributed by atoms with E-state index in [-0.39, 0.29) is 30.4 Å². The molecule has 1 fully saturated rings. The molecule has 0 radical (unpaired) electrons. The molecule has 0 atom stereocenters. The Morgan fingerprint density at radius 1 is 1.57 bits per heavy atom. The molecule has 2 amide bonds. The van der Waals surface area contributed by atoms with Gasteiger partial charge in [-0.25, -0.2) is 9.78 Å². The number of pyridine rings is 1. The fraction of sp³-hybridized carbons (Fsp3) is 0.429. The molecule has 1 heterocycles. The summed E-state index contributed by atoms with van der Waals surface area (Å²) in [5.41, 5.74) is 0.617. The number of alkyl halides is 2. The van der Waals surface area contributed by atoms with E-state index in [0.717, 1.165) is 12.8 Å². The molecule has 0 unspecified atom stereocenters. The highest BCUT2D eigenvalue weighted by Gasteiger charge is 2.28. The number of nitrogens with one attached hydrogen (secondary N) is 2. The molecule has 7 heteroatoms. The van der Waals surface area contributed by atoms with Gasteiger partial charge >= 0.3 is 12.6 Å². The van der Waals surface area contributed by atoms with Gasteiger partial charge in [0.2, 0.25) is 5.88 Å². The van der Waals surface area contributed by atoms with Gasteiger partial charge in [-0.1, -0.05) is 0 Å². The Hall–Kier alpha value is -2.36. The normalized spacial score (nSPS) is 20.3. The van der Waals surface area contributed by atoms with E-state index < -0.39 is 6.61 Å². The monoisotopic (exact) mass is 295 g/mol.